The molecule has 108 valence electrons. The standard InChI is InChI=1S/C16H16BrN3S/c1-2-18-15(16-13(17)9-11-21-16)14-8-10-19-20(14)12-6-4-3-5-7-12/h3-11,15,18H,2H2,1H3. The van der Waals surface area contributed by atoms with Crippen molar-refractivity contribution in [1.82, 2.24) is 15.1 Å². The Morgan fingerprint density at radius 2 is 2.05 bits per heavy atom. The number of nitrogens with one attached hydrogen (secondary N) is 1. The van der Waals surface area contributed by atoms with Gasteiger partial charge in [0.1, 0.15) is 0 Å². The lowest BCUT2D eigenvalue weighted by atomic mass is 10.1. The van der Waals surface area contributed by atoms with E-state index in [0.29, 0.717) is 0 Å². The van der Waals surface area contributed by atoms with E-state index in [9.17, 15) is 0 Å². The van der Waals surface area contributed by atoms with E-state index in [1.807, 2.05) is 29.1 Å². The number of hydrogen-bond donors (Lipinski definition) is 1. The molecule has 0 amide bonds. The minimum atomic E-state index is 0.132. The third kappa shape index (κ3) is 2.95. The topological polar surface area (TPSA) is 29.9 Å². The number of halogens is 1. The van der Waals surface area contributed by atoms with Gasteiger partial charge < -0.3 is 5.32 Å². The molecule has 5 heteroatoms. The van der Waals surface area contributed by atoms with Gasteiger partial charge >= 0.3 is 0 Å². The number of nitrogens with zero attached hydrogens (tertiary/aromatic N) is 2. The van der Waals surface area contributed by atoms with Crippen LogP contribution in [0.1, 0.15) is 23.5 Å². The molecule has 0 radical (unpaired) electrons. The highest BCUT2D eigenvalue weighted by Crippen LogP contribution is 2.33. The van der Waals surface area contributed by atoms with Gasteiger partial charge in [-0.1, -0.05) is 25.1 Å². The molecule has 3 nitrogen and oxygen atoms in total. The lowest BCUT2D eigenvalue weighted by Gasteiger charge is -2.19. The summed E-state index contributed by atoms with van der Waals surface area (Å²) in [6, 6.07) is 14.5. The lowest BCUT2D eigenvalue weighted by molar-refractivity contribution is 0.600. The molecule has 2 heterocycles. The molecule has 21 heavy (non-hydrogen) atoms. The number of rotatable bonds is 5. The van der Waals surface area contributed by atoms with E-state index in [1.54, 1.807) is 11.3 Å². The lowest BCUT2D eigenvalue weighted by Crippen LogP contribution is -2.24. The molecule has 3 aromatic rings. The van der Waals surface area contributed by atoms with Gasteiger partial charge in [-0.05, 0) is 52.1 Å². The second kappa shape index (κ2) is 6.56. The summed E-state index contributed by atoms with van der Waals surface area (Å²) in [6.45, 7) is 3.02. The molecule has 0 bridgehead atoms. The number of hydrogen-bond acceptors (Lipinski definition) is 3. The van der Waals surface area contributed by atoms with Crippen LogP contribution in [-0.2, 0) is 0 Å². The van der Waals surface area contributed by atoms with Crippen LogP contribution in [0.4, 0.5) is 0 Å². The zero-order valence-electron chi connectivity index (χ0n) is 11.7. The third-order valence-electron chi connectivity index (χ3n) is 3.28. The van der Waals surface area contributed by atoms with E-state index in [0.717, 1.165) is 22.4 Å². The number of thiophene rings is 1. The molecule has 0 saturated heterocycles. The second-order valence-electron chi connectivity index (χ2n) is 4.63. The molecule has 0 fully saturated rings. The molecule has 1 unspecified atom stereocenters. The number of benzene rings is 1. The molecule has 1 N–H and O–H groups in total. The van der Waals surface area contributed by atoms with Crippen LogP contribution in [0.2, 0.25) is 0 Å². The van der Waals surface area contributed by atoms with Gasteiger partial charge in [-0.3, -0.25) is 0 Å². The molecule has 1 atom stereocenters. The predicted octanol–water partition coefficient (Wildman–Crippen LogP) is 4.40. The quantitative estimate of drug-likeness (QED) is 0.729. The van der Waals surface area contributed by atoms with Crippen LogP contribution in [0.5, 0.6) is 0 Å². The van der Waals surface area contributed by atoms with Gasteiger partial charge in [0.2, 0.25) is 0 Å². The first-order valence-corrected chi connectivity index (χ1v) is 8.54. The first-order chi connectivity index (χ1) is 10.3. The average molecular weight is 362 g/mol. The van der Waals surface area contributed by atoms with Crippen molar-refractivity contribution in [2.24, 2.45) is 0 Å². The highest BCUT2D eigenvalue weighted by Gasteiger charge is 2.21. The largest absolute Gasteiger partial charge is 0.305 e. The van der Waals surface area contributed by atoms with E-state index in [4.69, 9.17) is 0 Å². The van der Waals surface area contributed by atoms with Crippen molar-refractivity contribution in [3.8, 4) is 5.69 Å². The van der Waals surface area contributed by atoms with Crippen molar-refractivity contribution in [3.63, 3.8) is 0 Å². The summed E-state index contributed by atoms with van der Waals surface area (Å²) < 4.78 is 3.14. The van der Waals surface area contributed by atoms with Crippen molar-refractivity contribution < 1.29 is 0 Å². The minimum Gasteiger partial charge on any atom is -0.305 e. The van der Waals surface area contributed by atoms with Gasteiger partial charge in [0, 0.05) is 15.5 Å². The molecule has 0 saturated carbocycles. The van der Waals surface area contributed by atoms with Gasteiger partial charge in [0.15, 0.2) is 0 Å². The Labute approximate surface area is 136 Å². The Morgan fingerprint density at radius 1 is 1.24 bits per heavy atom. The van der Waals surface area contributed by atoms with Gasteiger partial charge in [0.25, 0.3) is 0 Å². The average Bonchev–Trinajstić information content (AvgIpc) is 3.15. The number of para-hydroxylation sites is 1. The first-order valence-electron chi connectivity index (χ1n) is 6.87. The summed E-state index contributed by atoms with van der Waals surface area (Å²) >= 11 is 5.39. The predicted molar refractivity (Wildman–Crippen MR) is 91.1 cm³/mol. The van der Waals surface area contributed by atoms with Crippen LogP contribution in [0, 0.1) is 0 Å². The summed E-state index contributed by atoms with van der Waals surface area (Å²) in [7, 11) is 0. The molecular weight excluding hydrogens is 346 g/mol. The molecule has 2 aromatic heterocycles. The van der Waals surface area contributed by atoms with E-state index >= 15 is 0 Å². The van der Waals surface area contributed by atoms with E-state index in [2.05, 4.69) is 62.9 Å². The Kier molecular flexibility index (Phi) is 4.53. The summed E-state index contributed by atoms with van der Waals surface area (Å²) in [6.07, 6.45) is 1.86. The van der Waals surface area contributed by atoms with Crippen molar-refractivity contribution in [1.29, 1.82) is 0 Å². The number of aromatic nitrogens is 2. The Balaban J connectivity index is 2.06. The van der Waals surface area contributed by atoms with E-state index in [1.165, 1.54) is 4.88 Å². The maximum Gasteiger partial charge on any atom is 0.0857 e. The maximum absolute atomic E-state index is 4.50. The fourth-order valence-corrected chi connectivity index (χ4v) is 4.05. The first kappa shape index (κ1) is 14.5. The fraction of sp³-hybridized carbons (Fsp3) is 0.188. The van der Waals surface area contributed by atoms with Crippen LogP contribution >= 0.6 is 27.3 Å². The van der Waals surface area contributed by atoms with Crippen molar-refractivity contribution >= 4 is 27.3 Å². The highest BCUT2D eigenvalue weighted by atomic mass is 79.9. The smallest absolute Gasteiger partial charge is 0.0857 e. The van der Waals surface area contributed by atoms with Crippen molar-refractivity contribution in [2.75, 3.05) is 6.54 Å². The van der Waals surface area contributed by atoms with Gasteiger partial charge in [-0.2, -0.15) is 5.10 Å². The Bertz CT molecular complexity index is 705. The molecule has 0 aliphatic carbocycles. The van der Waals surface area contributed by atoms with Gasteiger partial charge in [-0.25, -0.2) is 4.68 Å². The summed E-state index contributed by atoms with van der Waals surface area (Å²) in [5.41, 5.74) is 2.22. The van der Waals surface area contributed by atoms with Crippen LogP contribution in [-0.4, -0.2) is 16.3 Å². The summed E-state index contributed by atoms with van der Waals surface area (Å²) in [4.78, 5) is 1.27. The molecule has 3 rings (SSSR count). The molecule has 0 aliphatic rings. The molecule has 0 aliphatic heterocycles. The van der Waals surface area contributed by atoms with Gasteiger partial charge in [-0.15, -0.1) is 11.3 Å². The Hall–Kier alpha value is -1.43. The van der Waals surface area contributed by atoms with Gasteiger partial charge in [0.05, 0.1) is 17.4 Å². The fourth-order valence-electron chi connectivity index (χ4n) is 2.36. The molecule has 0 spiro atoms. The molecular formula is C16H16BrN3S. The highest BCUT2D eigenvalue weighted by molar-refractivity contribution is 9.10. The minimum absolute atomic E-state index is 0.132. The van der Waals surface area contributed by atoms with Crippen molar-refractivity contribution in [3.05, 3.63) is 69.1 Å². The van der Waals surface area contributed by atoms with Crippen LogP contribution in [0.25, 0.3) is 5.69 Å². The third-order valence-corrected chi connectivity index (χ3v) is 5.22. The summed E-state index contributed by atoms with van der Waals surface area (Å²) in [5, 5.41) is 10.2. The normalized spacial score (nSPS) is 12.5. The van der Waals surface area contributed by atoms with Crippen LogP contribution in [0.3, 0.4) is 0 Å². The SMILES string of the molecule is CCNC(c1sccc1Br)c1ccnn1-c1ccccc1. The zero-order valence-corrected chi connectivity index (χ0v) is 14.1. The second-order valence-corrected chi connectivity index (χ2v) is 6.43. The van der Waals surface area contributed by atoms with E-state index in [-0.39, 0.29) is 6.04 Å². The Morgan fingerprint density at radius 3 is 2.71 bits per heavy atom. The monoisotopic (exact) mass is 361 g/mol. The van der Waals surface area contributed by atoms with Crippen molar-refractivity contribution in [2.45, 2.75) is 13.0 Å². The van der Waals surface area contributed by atoms with Crippen LogP contribution in [0.15, 0.2) is 58.5 Å². The van der Waals surface area contributed by atoms with E-state index < -0.39 is 0 Å². The summed E-state index contributed by atoms with van der Waals surface area (Å²) in [5.74, 6) is 0. The molecule has 1 aromatic carbocycles. The zero-order chi connectivity index (χ0) is 14.7. The van der Waals surface area contributed by atoms with Crippen LogP contribution < -0.4 is 5.32 Å². The maximum atomic E-state index is 4.50.